The highest BCUT2D eigenvalue weighted by Crippen LogP contribution is 2.08. The predicted molar refractivity (Wildman–Crippen MR) is 58.4 cm³/mol. The summed E-state index contributed by atoms with van der Waals surface area (Å²) < 4.78 is 0. The Morgan fingerprint density at radius 3 is 2.81 bits per heavy atom. The summed E-state index contributed by atoms with van der Waals surface area (Å²) in [6.07, 6.45) is 2.96. The second-order valence-corrected chi connectivity index (χ2v) is 3.17. The first-order chi connectivity index (χ1) is 7.63. The van der Waals surface area contributed by atoms with Gasteiger partial charge < -0.3 is 15.7 Å². The standard InChI is InChI=1S/C10H13N3O3/c1-11-3-2-9(14)13-8-4-7(10(15)16)5-12-6-8/h4-6,11H,2-3H2,1H3,(H,13,14)(H,15,16). The van der Waals surface area contributed by atoms with Crippen LogP contribution in [0.2, 0.25) is 0 Å². The first-order valence-corrected chi connectivity index (χ1v) is 4.76. The van der Waals surface area contributed by atoms with E-state index < -0.39 is 5.97 Å². The van der Waals surface area contributed by atoms with Crippen LogP contribution in [-0.2, 0) is 4.79 Å². The Hall–Kier alpha value is -1.95. The molecule has 0 aliphatic carbocycles. The molecule has 0 spiro atoms. The molecule has 0 aliphatic heterocycles. The van der Waals surface area contributed by atoms with Gasteiger partial charge in [0.25, 0.3) is 0 Å². The lowest BCUT2D eigenvalue weighted by atomic mass is 10.2. The van der Waals surface area contributed by atoms with Crippen molar-refractivity contribution >= 4 is 17.6 Å². The molecule has 86 valence electrons. The summed E-state index contributed by atoms with van der Waals surface area (Å²) in [5.74, 6) is -1.25. The van der Waals surface area contributed by atoms with Gasteiger partial charge in [0.1, 0.15) is 0 Å². The minimum atomic E-state index is -1.07. The van der Waals surface area contributed by atoms with Gasteiger partial charge in [0.2, 0.25) is 5.91 Å². The van der Waals surface area contributed by atoms with Crippen molar-refractivity contribution in [3.63, 3.8) is 0 Å². The summed E-state index contributed by atoms with van der Waals surface area (Å²) in [5, 5.41) is 14.1. The molecule has 1 rings (SSSR count). The van der Waals surface area contributed by atoms with E-state index in [0.717, 1.165) is 0 Å². The van der Waals surface area contributed by atoms with Crippen molar-refractivity contribution in [1.29, 1.82) is 0 Å². The quantitative estimate of drug-likeness (QED) is 0.669. The van der Waals surface area contributed by atoms with E-state index in [2.05, 4.69) is 15.6 Å². The van der Waals surface area contributed by atoms with Crippen LogP contribution in [0.15, 0.2) is 18.5 Å². The van der Waals surface area contributed by atoms with E-state index in [4.69, 9.17) is 5.11 Å². The Labute approximate surface area is 92.7 Å². The molecule has 0 aliphatic rings. The number of aromatic carboxylic acids is 1. The number of hydrogen-bond acceptors (Lipinski definition) is 4. The molecule has 6 heteroatoms. The van der Waals surface area contributed by atoms with Crippen molar-refractivity contribution in [2.75, 3.05) is 18.9 Å². The molecule has 0 unspecified atom stereocenters. The lowest BCUT2D eigenvalue weighted by molar-refractivity contribution is -0.116. The van der Waals surface area contributed by atoms with Gasteiger partial charge in [-0.15, -0.1) is 0 Å². The number of carbonyl (C=O) groups is 2. The molecule has 0 saturated heterocycles. The molecule has 6 nitrogen and oxygen atoms in total. The molecular formula is C10H13N3O3. The molecule has 0 atom stereocenters. The fourth-order valence-corrected chi connectivity index (χ4v) is 1.09. The number of carbonyl (C=O) groups excluding carboxylic acids is 1. The zero-order chi connectivity index (χ0) is 12.0. The number of hydrogen-bond donors (Lipinski definition) is 3. The Morgan fingerprint density at radius 2 is 2.19 bits per heavy atom. The second-order valence-electron chi connectivity index (χ2n) is 3.17. The third kappa shape index (κ3) is 3.66. The monoisotopic (exact) mass is 223 g/mol. The van der Waals surface area contributed by atoms with Crippen molar-refractivity contribution in [3.05, 3.63) is 24.0 Å². The average Bonchev–Trinajstić information content (AvgIpc) is 2.26. The Bertz CT molecular complexity index is 393. The van der Waals surface area contributed by atoms with Crippen molar-refractivity contribution in [1.82, 2.24) is 10.3 Å². The first kappa shape index (κ1) is 12.1. The van der Waals surface area contributed by atoms with Crippen LogP contribution in [0.3, 0.4) is 0 Å². The Morgan fingerprint density at radius 1 is 1.44 bits per heavy atom. The predicted octanol–water partition coefficient (Wildman–Crippen LogP) is 0.328. The average molecular weight is 223 g/mol. The lowest BCUT2D eigenvalue weighted by Gasteiger charge is -2.04. The van der Waals surface area contributed by atoms with Crippen LogP contribution in [0.25, 0.3) is 0 Å². The Balaban J connectivity index is 2.63. The zero-order valence-electron chi connectivity index (χ0n) is 8.86. The number of nitrogens with one attached hydrogen (secondary N) is 2. The number of amides is 1. The molecular weight excluding hydrogens is 210 g/mol. The molecule has 0 radical (unpaired) electrons. The van der Waals surface area contributed by atoms with E-state index in [1.165, 1.54) is 18.5 Å². The highest BCUT2D eigenvalue weighted by molar-refractivity contribution is 5.93. The van der Waals surface area contributed by atoms with Gasteiger partial charge >= 0.3 is 5.97 Å². The number of anilines is 1. The SMILES string of the molecule is CNCCC(=O)Nc1cncc(C(=O)O)c1. The number of carboxylic acid groups (broad SMARTS) is 1. The van der Waals surface area contributed by atoms with Crippen molar-refractivity contribution < 1.29 is 14.7 Å². The van der Waals surface area contributed by atoms with Gasteiger partial charge in [0, 0.05) is 19.2 Å². The van der Waals surface area contributed by atoms with Crippen LogP contribution < -0.4 is 10.6 Å². The highest BCUT2D eigenvalue weighted by Gasteiger charge is 2.06. The molecule has 0 bridgehead atoms. The summed E-state index contributed by atoms with van der Waals surface area (Å²) in [6.45, 7) is 0.567. The van der Waals surface area contributed by atoms with Gasteiger partial charge in [-0.05, 0) is 13.1 Å². The summed E-state index contributed by atoms with van der Waals surface area (Å²) >= 11 is 0. The molecule has 0 aromatic carbocycles. The number of carboxylic acids is 1. The van der Waals surface area contributed by atoms with Crippen LogP contribution >= 0.6 is 0 Å². The third-order valence-electron chi connectivity index (χ3n) is 1.87. The summed E-state index contributed by atoms with van der Waals surface area (Å²) in [5.41, 5.74) is 0.437. The second kappa shape index (κ2) is 5.82. The molecule has 16 heavy (non-hydrogen) atoms. The van der Waals surface area contributed by atoms with Gasteiger partial charge in [-0.3, -0.25) is 9.78 Å². The number of pyridine rings is 1. The molecule has 3 N–H and O–H groups in total. The summed E-state index contributed by atoms with van der Waals surface area (Å²) in [4.78, 5) is 25.7. The Kier molecular flexibility index (Phi) is 4.41. The molecule has 0 saturated carbocycles. The minimum Gasteiger partial charge on any atom is -0.478 e. The van der Waals surface area contributed by atoms with Crippen LogP contribution in [0, 0.1) is 0 Å². The maximum atomic E-state index is 11.3. The minimum absolute atomic E-state index is 0.0476. The van der Waals surface area contributed by atoms with E-state index in [1.807, 2.05) is 0 Å². The van der Waals surface area contributed by atoms with Crippen LogP contribution in [0.1, 0.15) is 16.8 Å². The molecule has 1 aromatic heterocycles. The smallest absolute Gasteiger partial charge is 0.337 e. The molecule has 1 heterocycles. The number of nitrogens with zero attached hydrogens (tertiary/aromatic N) is 1. The van der Waals surface area contributed by atoms with E-state index >= 15 is 0 Å². The van der Waals surface area contributed by atoms with E-state index in [-0.39, 0.29) is 11.5 Å². The van der Waals surface area contributed by atoms with E-state index in [1.54, 1.807) is 7.05 Å². The van der Waals surface area contributed by atoms with Gasteiger partial charge in [0.05, 0.1) is 17.4 Å². The molecule has 0 fully saturated rings. The van der Waals surface area contributed by atoms with Crippen LogP contribution in [-0.4, -0.2) is 35.6 Å². The zero-order valence-corrected chi connectivity index (χ0v) is 8.86. The van der Waals surface area contributed by atoms with E-state index in [9.17, 15) is 9.59 Å². The summed E-state index contributed by atoms with van der Waals surface area (Å²) in [7, 11) is 1.75. The normalized spacial score (nSPS) is 9.81. The van der Waals surface area contributed by atoms with Gasteiger partial charge in [-0.2, -0.15) is 0 Å². The van der Waals surface area contributed by atoms with Crippen molar-refractivity contribution in [3.8, 4) is 0 Å². The van der Waals surface area contributed by atoms with Crippen molar-refractivity contribution in [2.45, 2.75) is 6.42 Å². The lowest BCUT2D eigenvalue weighted by Crippen LogP contribution is -2.19. The largest absolute Gasteiger partial charge is 0.478 e. The van der Waals surface area contributed by atoms with Crippen molar-refractivity contribution in [2.24, 2.45) is 0 Å². The van der Waals surface area contributed by atoms with Crippen LogP contribution in [0.5, 0.6) is 0 Å². The highest BCUT2D eigenvalue weighted by atomic mass is 16.4. The molecule has 1 amide bonds. The third-order valence-corrected chi connectivity index (χ3v) is 1.87. The van der Waals surface area contributed by atoms with Gasteiger partial charge in [-0.25, -0.2) is 4.79 Å². The van der Waals surface area contributed by atoms with Crippen LogP contribution in [0.4, 0.5) is 5.69 Å². The molecule has 1 aromatic rings. The van der Waals surface area contributed by atoms with Gasteiger partial charge in [-0.1, -0.05) is 0 Å². The maximum Gasteiger partial charge on any atom is 0.337 e. The fourth-order valence-electron chi connectivity index (χ4n) is 1.09. The first-order valence-electron chi connectivity index (χ1n) is 4.76. The van der Waals surface area contributed by atoms with Gasteiger partial charge in [0.15, 0.2) is 0 Å². The topological polar surface area (TPSA) is 91.3 Å². The summed E-state index contributed by atoms with van der Waals surface area (Å²) in [6, 6.07) is 1.37. The van der Waals surface area contributed by atoms with E-state index in [0.29, 0.717) is 18.7 Å². The maximum absolute atomic E-state index is 11.3. The number of aromatic nitrogens is 1. The fraction of sp³-hybridized carbons (Fsp3) is 0.300. The number of rotatable bonds is 5.